The van der Waals surface area contributed by atoms with Gasteiger partial charge < -0.3 is 19.7 Å². The summed E-state index contributed by atoms with van der Waals surface area (Å²) in [6.07, 6.45) is 5.24. The number of imide groups is 1. The van der Waals surface area contributed by atoms with Crippen molar-refractivity contribution in [3.05, 3.63) is 35.9 Å². The van der Waals surface area contributed by atoms with E-state index in [0.717, 1.165) is 64.7 Å². The van der Waals surface area contributed by atoms with E-state index in [-0.39, 0.29) is 17.9 Å². The highest BCUT2D eigenvalue weighted by molar-refractivity contribution is 5.95. The van der Waals surface area contributed by atoms with Gasteiger partial charge in [-0.25, -0.2) is 4.79 Å². The van der Waals surface area contributed by atoms with E-state index >= 15 is 0 Å². The van der Waals surface area contributed by atoms with Gasteiger partial charge in [-0.2, -0.15) is 0 Å². The highest BCUT2D eigenvalue weighted by Crippen LogP contribution is 2.46. The Morgan fingerprint density at radius 1 is 1.08 bits per heavy atom. The number of benzene rings is 1. The minimum atomic E-state index is -0.492. The highest BCUT2D eigenvalue weighted by Gasteiger charge is 2.50. The lowest BCUT2D eigenvalue weighted by molar-refractivity contribution is -0.204. The average molecular weight is 529 g/mol. The fraction of sp³-hybridized carbons (Fsp3) is 0.733. The molecule has 2 saturated heterocycles. The fourth-order valence-electron chi connectivity index (χ4n) is 6.56. The number of nitrogens with zero attached hydrogens (tertiary/aromatic N) is 3. The number of ether oxygens (including phenoxy) is 2. The van der Waals surface area contributed by atoms with E-state index in [4.69, 9.17) is 9.47 Å². The van der Waals surface area contributed by atoms with Crippen molar-refractivity contribution in [2.45, 2.75) is 77.7 Å². The van der Waals surface area contributed by atoms with Crippen LogP contribution in [0, 0.1) is 11.8 Å². The van der Waals surface area contributed by atoms with Gasteiger partial charge in [0.25, 0.3) is 0 Å². The molecule has 1 saturated carbocycles. The van der Waals surface area contributed by atoms with Gasteiger partial charge in [-0.1, -0.05) is 57.5 Å². The predicted molar refractivity (Wildman–Crippen MR) is 149 cm³/mol. The SMILES string of the molecule is CCCCN(C(=O)NCCN(CC)CC)C(=O)C1CC2CC3(CCC2N(Cc2ccccc2)C1)OCCO3. The van der Waals surface area contributed by atoms with Gasteiger partial charge in [0.05, 0.1) is 19.1 Å². The molecular formula is C30H48N4O4. The first kappa shape index (κ1) is 29.0. The molecule has 3 aliphatic rings. The molecule has 2 heterocycles. The second kappa shape index (κ2) is 13.9. The molecular weight excluding hydrogens is 480 g/mol. The summed E-state index contributed by atoms with van der Waals surface area (Å²) in [4.78, 5) is 33.5. The van der Waals surface area contributed by atoms with Crippen LogP contribution in [0.5, 0.6) is 0 Å². The van der Waals surface area contributed by atoms with Crippen molar-refractivity contribution in [2.24, 2.45) is 11.8 Å². The van der Waals surface area contributed by atoms with Crippen molar-refractivity contribution < 1.29 is 19.1 Å². The van der Waals surface area contributed by atoms with Crippen LogP contribution < -0.4 is 5.32 Å². The van der Waals surface area contributed by atoms with Crippen LogP contribution >= 0.6 is 0 Å². The van der Waals surface area contributed by atoms with Crippen LogP contribution in [-0.4, -0.2) is 90.9 Å². The van der Waals surface area contributed by atoms with Crippen molar-refractivity contribution in [3.63, 3.8) is 0 Å². The summed E-state index contributed by atoms with van der Waals surface area (Å²) in [6.45, 7) is 12.8. The normalized spacial score (nSPS) is 24.9. The first-order valence-electron chi connectivity index (χ1n) is 14.9. The second-order valence-corrected chi connectivity index (χ2v) is 11.1. The summed E-state index contributed by atoms with van der Waals surface area (Å²) >= 11 is 0. The number of likely N-dealkylation sites (N-methyl/N-ethyl adjacent to an activating group) is 1. The third-order valence-corrected chi connectivity index (χ3v) is 8.69. The minimum absolute atomic E-state index is 0.0387. The molecule has 212 valence electrons. The highest BCUT2D eigenvalue weighted by atomic mass is 16.7. The maximum Gasteiger partial charge on any atom is 0.324 e. The number of hydrogen-bond donors (Lipinski definition) is 1. The average Bonchev–Trinajstić information content (AvgIpc) is 3.38. The summed E-state index contributed by atoms with van der Waals surface area (Å²) in [5.74, 6) is -0.453. The second-order valence-electron chi connectivity index (χ2n) is 11.1. The lowest BCUT2D eigenvalue weighted by Crippen LogP contribution is -2.58. The quantitative estimate of drug-likeness (QED) is 0.466. The zero-order valence-electron chi connectivity index (χ0n) is 23.7. The third-order valence-electron chi connectivity index (χ3n) is 8.69. The van der Waals surface area contributed by atoms with Crippen molar-refractivity contribution in [2.75, 3.05) is 52.5 Å². The number of carbonyl (C=O) groups excluding carboxylic acids is 2. The Bertz CT molecular complexity index is 887. The Kier molecular flexibility index (Phi) is 10.6. The number of likely N-dealkylation sites (tertiary alicyclic amines) is 1. The summed E-state index contributed by atoms with van der Waals surface area (Å²) in [7, 11) is 0. The molecule has 0 aromatic heterocycles. The molecule has 4 rings (SSSR count). The van der Waals surface area contributed by atoms with Crippen molar-refractivity contribution >= 4 is 11.9 Å². The molecule has 3 atom stereocenters. The van der Waals surface area contributed by atoms with Crippen LogP contribution in [0.2, 0.25) is 0 Å². The van der Waals surface area contributed by atoms with E-state index in [1.165, 1.54) is 10.5 Å². The molecule has 0 radical (unpaired) electrons. The molecule has 3 fully saturated rings. The maximum atomic E-state index is 14.0. The van der Waals surface area contributed by atoms with Gasteiger partial charge in [0.1, 0.15) is 0 Å². The van der Waals surface area contributed by atoms with Gasteiger partial charge in [-0.15, -0.1) is 0 Å². The minimum Gasteiger partial charge on any atom is -0.348 e. The summed E-state index contributed by atoms with van der Waals surface area (Å²) in [6, 6.07) is 10.6. The van der Waals surface area contributed by atoms with Crippen LogP contribution in [0.25, 0.3) is 0 Å². The van der Waals surface area contributed by atoms with Gasteiger partial charge in [0.15, 0.2) is 5.79 Å². The Hall–Kier alpha value is -2.00. The van der Waals surface area contributed by atoms with E-state index in [1.54, 1.807) is 0 Å². The molecule has 1 aromatic carbocycles. The van der Waals surface area contributed by atoms with Crippen LogP contribution in [0.1, 0.15) is 64.9 Å². The predicted octanol–water partition coefficient (Wildman–Crippen LogP) is 4.10. The molecule has 8 heteroatoms. The molecule has 38 heavy (non-hydrogen) atoms. The number of amides is 3. The number of nitrogens with one attached hydrogen (secondary N) is 1. The van der Waals surface area contributed by atoms with Gasteiger partial charge in [0, 0.05) is 51.6 Å². The lowest BCUT2D eigenvalue weighted by Gasteiger charge is -2.50. The van der Waals surface area contributed by atoms with E-state index < -0.39 is 5.79 Å². The first-order chi connectivity index (χ1) is 18.5. The molecule has 1 aliphatic carbocycles. The topological polar surface area (TPSA) is 74.4 Å². The Labute approximate surface area is 229 Å². The number of rotatable bonds is 11. The molecule has 8 nitrogen and oxygen atoms in total. The van der Waals surface area contributed by atoms with E-state index in [2.05, 4.69) is 60.2 Å². The smallest absolute Gasteiger partial charge is 0.324 e. The number of piperidine rings is 1. The largest absolute Gasteiger partial charge is 0.348 e. The fourth-order valence-corrected chi connectivity index (χ4v) is 6.56. The van der Waals surface area contributed by atoms with Crippen molar-refractivity contribution in [3.8, 4) is 0 Å². The van der Waals surface area contributed by atoms with Gasteiger partial charge >= 0.3 is 6.03 Å². The zero-order valence-corrected chi connectivity index (χ0v) is 23.7. The van der Waals surface area contributed by atoms with Crippen LogP contribution in [0.3, 0.4) is 0 Å². The van der Waals surface area contributed by atoms with Gasteiger partial charge in [-0.05, 0) is 43.8 Å². The third kappa shape index (κ3) is 7.14. The molecule has 3 unspecified atom stereocenters. The Morgan fingerprint density at radius 2 is 1.82 bits per heavy atom. The Balaban J connectivity index is 1.49. The van der Waals surface area contributed by atoms with Crippen molar-refractivity contribution in [1.29, 1.82) is 0 Å². The zero-order chi connectivity index (χ0) is 27.0. The first-order valence-corrected chi connectivity index (χ1v) is 14.9. The number of fused-ring (bicyclic) bond motifs is 1. The van der Waals surface area contributed by atoms with Crippen LogP contribution in [0.15, 0.2) is 30.3 Å². The number of carbonyl (C=O) groups is 2. The van der Waals surface area contributed by atoms with E-state index in [0.29, 0.717) is 44.8 Å². The summed E-state index contributed by atoms with van der Waals surface area (Å²) in [5, 5.41) is 3.03. The molecule has 3 amide bonds. The molecule has 1 N–H and O–H groups in total. The van der Waals surface area contributed by atoms with Crippen LogP contribution in [-0.2, 0) is 20.8 Å². The number of hydrogen-bond acceptors (Lipinski definition) is 6. The lowest BCUT2D eigenvalue weighted by atomic mass is 9.72. The molecule has 0 bridgehead atoms. The van der Waals surface area contributed by atoms with Crippen molar-refractivity contribution in [1.82, 2.24) is 20.0 Å². The maximum absolute atomic E-state index is 14.0. The number of urea groups is 1. The van der Waals surface area contributed by atoms with Gasteiger partial charge in [-0.3, -0.25) is 14.6 Å². The summed E-state index contributed by atoms with van der Waals surface area (Å²) in [5.41, 5.74) is 1.25. The molecule has 1 spiro atoms. The summed E-state index contributed by atoms with van der Waals surface area (Å²) < 4.78 is 12.2. The van der Waals surface area contributed by atoms with Crippen LogP contribution in [0.4, 0.5) is 4.79 Å². The monoisotopic (exact) mass is 528 g/mol. The van der Waals surface area contributed by atoms with E-state index in [1.807, 2.05) is 6.07 Å². The number of unbranched alkanes of at least 4 members (excludes halogenated alkanes) is 1. The Morgan fingerprint density at radius 3 is 2.50 bits per heavy atom. The van der Waals surface area contributed by atoms with Gasteiger partial charge in [0.2, 0.25) is 5.91 Å². The standard InChI is InChI=1S/C30H48N4O4/c1-4-7-16-34(29(36)31-15-17-32(5-2)6-3)28(35)26-20-25-21-30(37-18-19-38-30)14-13-27(25)33(23-26)22-24-11-9-8-10-12-24/h8-12,25-27H,4-7,13-23H2,1-3H3,(H,31,36). The van der Waals surface area contributed by atoms with E-state index in [9.17, 15) is 9.59 Å². The molecule has 2 aliphatic heterocycles. The molecule has 1 aromatic rings.